The number of amides is 1. The molecule has 1 aliphatic carbocycles. The summed E-state index contributed by atoms with van der Waals surface area (Å²) in [5.41, 5.74) is 5.43. The summed E-state index contributed by atoms with van der Waals surface area (Å²) in [5.74, 6) is 0.413. The average Bonchev–Trinajstić information content (AvgIpc) is 3.20. The molecule has 0 saturated carbocycles. The Bertz CT molecular complexity index is 1450. The van der Waals surface area contributed by atoms with E-state index in [0.29, 0.717) is 41.1 Å². The third-order valence-electron chi connectivity index (χ3n) is 5.92. The fourth-order valence-electron chi connectivity index (χ4n) is 4.28. The van der Waals surface area contributed by atoms with E-state index < -0.39 is 17.6 Å². The molecule has 2 aromatic carbocycles. The number of carbonyl (C=O) groups excluding carboxylic acids is 1. The van der Waals surface area contributed by atoms with Crippen molar-refractivity contribution in [3.05, 3.63) is 89.0 Å². The van der Waals surface area contributed by atoms with E-state index in [4.69, 9.17) is 4.42 Å². The number of rotatable bonds is 4. The monoisotopic (exact) mass is 478 g/mol. The van der Waals surface area contributed by atoms with Crippen molar-refractivity contribution in [2.75, 3.05) is 10.7 Å². The van der Waals surface area contributed by atoms with Gasteiger partial charge in [-0.05, 0) is 50.1 Å². The van der Waals surface area contributed by atoms with Crippen LogP contribution in [0.1, 0.15) is 45.8 Å². The predicted octanol–water partition coefficient (Wildman–Crippen LogP) is 6.56. The van der Waals surface area contributed by atoms with Gasteiger partial charge in [-0.2, -0.15) is 18.3 Å². The first-order chi connectivity index (χ1) is 16.8. The first-order valence-electron chi connectivity index (χ1n) is 11.1. The second kappa shape index (κ2) is 8.90. The van der Waals surface area contributed by atoms with E-state index in [1.807, 2.05) is 24.3 Å². The molecule has 2 heterocycles. The average molecular weight is 478 g/mol. The highest BCUT2D eigenvalue weighted by atomic mass is 19.4. The van der Waals surface area contributed by atoms with E-state index in [0.717, 1.165) is 29.5 Å². The topological polar surface area (TPSA) is 79.5 Å². The SMILES string of the molecule is Cc1c(C(=O)Nc2cccc3cccnc23)oc2c1/C(=N/Nc1cccc(C(F)(F)F)c1)CCC2. The highest BCUT2D eigenvalue weighted by molar-refractivity contribution is 6.11. The van der Waals surface area contributed by atoms with Gasteiger partial charge in [-0.25, -0.2) is 0 Å². The van der Waals surface area contributed by atoms with Gasteiger partial charge in [-0.15, -0.1) is 0 Å². The van der Waals surface area contributed by atoms with Crippen LogP contribution in [0.25, 0.3) is 10.9 Å². The van der Waals surface area contributed by atoms with Gasteiger partial charge in [0.2, 0.25) is 0 Å². The number of pyridine rings is 1. The Morgan fingerprint density at radius 2 is 1.89 bits per heavy atom. The Kier molecular flexibility index (Phi) is 5.76. The standard InChI is InChI=1S/C26H21F3N4O2/c1-15-22-19(33-32-18-9-3-8-17(14-18)26(27,28)29)10-4-12-21(22)35-24(15)25(34)31-20-11-2-6-16-7-5-13-30-23(16)20/h2-3,5-9,11,13-14,32H,4,10,12H2,1H3,(H,31,34)/b33-19+. The van der Waals surface area contributed by atoms with Gasteiger partial charge >= 0.3 is 6.18 Å². The number of carbonyl (C=O) groups is 1. The highest BCUT2D eigenvalue weighted by Crippen LogP contribution is 2.33. The molecule has 0 fully saturated rings. The van der Waals surface area contributed by atoms with Crippen LogP contribution in [0, 0.1) is 6.92 Å². The lowest BCUT2D eigenvalue weighted by Gasteiger charge is -2.14. The van der Waals surface area contributed by atoms with E-state index in [9.17, 15) is 18.0 Å². The van der Waals surface area contributed by atoms with Gasteiger partial charge in [0.1, 0.15) is 5.76 Å². The number of nitrogens with zero attached hydrogens (tertiary/aromatic N) is 2. The molecule has 9 heteroatoms. The molecular weight excluding hydrogens is 457 g/mol. The van der Waals surface area contributed by atoms with Crippen LogP contribution < -0.4 is 10.7 Å². The third kappa shape index (κ3) is 4.49. The maximum absolute atomic E-state index is 13.1. The number of aryl methyl sites for hydroxylation is 1. The summed E-state index contributed by atoms with van der Waals surface area (Å²) in [7, 11) is 0. The molecule has 2 N–H and O–H groups in total. The third-order valence-corrected chi connectivity index (χ3v) is 5.92. The van der Waals surface area contributed by atoms with Crippen LogP contribution in [0.2, 0.25) is 0 Å². The molecule has 0 atom stereocenters. The van der Waals surface area contributed by atoms with E-state index in [1.165, 1.54) is 12.1 Å². The number of alkyl halides is 3. The summed E-state index contributed by atoms with van der Waals surface area (Å²) in [6.07, 6.45) is -0.784. The molecule has 0 bridgehead atoms. The molecule has 1 amide bonds. The van der Waals surface area contributed by atoms with Gasteiger partial charge in [-0.3, -0.25) is 15.2 Å². The van der Waals surface area contributed by atoms with Gasteiger partial charge in [0.25, 0.3) is 5.91 Å². The summed E-state index contributed by atoms with van der Waals surface area (Å²) >= 11 is 0. The Labute approximate surface area is 198 Å². The highest BCUT2D eigenvalue weighted by Gasteiger charge is 2.31. The molecule has 2 aromatic heterocycles. The van der Waals surface area contributed by atoms with Gasteiger partial charge in [0.05, 0.1) is 28.2 Å². The molecule has 0 radical (unpaired) electrons. The predicted molar refractivity (Wildman–Crippen MR) is 128 cm³/mol. The molecule has 6 nitrogen and oxygen atoms in total. The van der Waals surface area contributed by atoms with Crippen molar-refractivity contribution in [2.45, 2.75) is 32.4 Å². The lowest BCUT2D eigenvalue weighted by atomic mass is 9.93. The summed E-state index contributed by atoms with van der Waals surface area (Å²) in [6.45, 7) is 1.78. The van der Waals surface area contributed by atoms with Gasteiger partial charge in [0, 0.05) is 29.1 Å². The van der Waals surface area contributed by atoms with Crippen molar-refractivity contribution in [1.29, 1.82) is 0 Å². The zero-order valence-corrected chi connectivity index (χ0v) is 18.7. The van der Waals surface area contributed by atoms with Crippen LogP contribution in [-0.2, 0) is 12.6 Å². The fraction of sp³-hybridized carbons (Fsp3) is 0.192. The van der Waals surface area contributed by atoms with Gasteiger partial charge < -0.3 is 9.73 Å². The zero-order chi connectivity index (χ0) is 24.6. The number of halogens is 3. The van der Waals surface area contributed by atoms with Gasteiger partial charge in [-0.1, -0.05) is 24.3 Å². The van der Waals surface area contributed by atoms with Crippen LogP contribution in [0.15, 0.2) is 70.3 Å². The number of anilines is 2. The quantitative estimate of drug-likeness (QED) is 0.326. The number of hydrazone groups is 1. The van der Waals surface area contributed by atoms with Crippen LogP contribution in [0.4, 0.5) is 24.5 Å². The smallest absolute Gasteiger partial charge is 0.416 e. The first kappa shape index (κ1) is 22.6. The summed E-state index contributed by atoms with van der Waals surface area (Å²) < 4.78 is 45.0. The van der Waals surface area contributed by atoms with Crippen LogP contribution in [-0.4, -0.2) is 16.6 Å². The van der Waals surface area contributed by atoms with Crippen molar-refractivity contribution in [1.82, 2.24) is 4.98 Å². The van der Waals surface area contributed by atoms with Crippen molar-refractivity contribution in [3.8, 4) is 0 Å². The number of nitrogens with one attached hydrogen (secondary N) is 2. The minimum atomic E-state index is -4.44. The Morgan fingerprint density at radius 3 is 2.71 bits per heavy atom. The van der Waals surface area contributed by atoms with E-state index in [1.54, 1.807) is 19.2 Å². The van der Waals surface area contributed by atoms with Crippen molar-refractivity contribution in [2.24, 2.45) is 5.10 Å². The van der Waals surface area contributed by atoms with Crippen LogP contribution in [0.3, 0.4) is 0 Å². The van der Waals surface area contributed by atoms with Gasteiger partial charge in [0.15, 0.2) is 5.76 Å². The number of furan rings is 1. The molecule has 178 valence electrons. The minimum Gasteiger partial charge on any atom is -0.455 e. The number of fused-ring (bicyclic) bond motifs is 2. The number of hydrogen-bond donors (Lipinski definition) is 2. The van der Waals surface area contributed by atoms with Crippen molar-refractivity contribution >= 4 is 33.9 Å². The lowest BCUT2D eigenvalue weighted by Crippen LogP contribution is -2.15. The molecule has 0 aliphatic heterocycles. The van der Waals surface area contributed by atoms with E-state index in [-0.39, 0.29) is 11.4 Å². The number of hydrogen-bond acceptors (Lipinski definition) is 5. The molecule has 0 saturated heterocycles. The maximum atomic E-state index is 13.1. The van der Waals surface area contributed by atoms with E-state index >= 15 is 0 Å². The fourth-order valence-corrected chi connectivity index (χ4v) is 4.28. The number of aromatic nitrogens is 1. The maximum Gasteiger partial charge on any atom is 0.416 e. The lowest BCUT2D eigenvalue weighted by molar-refractivity contribution is -0.137. The second-order valence-corrected chi connectivity index (χ2v) is 8.29. The summed E-state index contributed by atoms with van der Waals surface area (Å²) in [5, 5.41) is 8.16. The zero-order valence-electron chi connectivity index (χ0n) is 18.7. The Hall–Kier alpha value is -4.14. The van der Waals surface area contributed by atoms with Crippen molar-refractivity contribution in [3.63, 3.8) is 0 Å². The summed E-state index contributed by atoms with van der Waals surface area (Å²) in [4.78, 5) is 17.5. The van der Waals surface area contributed by atoms with Crippen LogP contribution in [0.5, 0.6) is 0 Å². The second-order valence-electron chi connectivity index (χ2n) is 8.29. The normalized spacial score (nSPS) is 14.7. The first-order valence-corrected chi connectivity index (χ1v) is 11.1. The van der Waals surface area contributed by atoms with Crippen molar-refractivity contribution < 1.29 is 22.4 Å². The molecule has 5 rings (SSSR count). The molecular formula is C26H21F3N4O2. The number of para-hydroxylation sites is 1. The largest absolute Gasteiger partial charge is 0.455 e. The minimum absolute atomic E-state index is 0.177. The van der Waals surface area contributed by atoms with E-state index in [2.05, 4.69) is 20.8 Å². The number of benzene rings is 2. The molecule has 4 aromatic rings. The molecule has 1 aliphatic rings. The summed E-state index contributed by atoms with van der Waals surface area (Å²) in [6, 6.07) is 14.1. The Balaban J connectivity index is 1.42. The molecule has 0 spiro atoms. The Morgan fingerprint density at radius 1 is 1.09 bits per heavy atom. The molecule has 35 heavy (non-hydrogen) atoms. The van der Waals surface area contributed by atoms with Crippen LogP contribution >= 0.6 is 0 Å². The molecule has 0 unspecified atom stereocenters.